The first-order valence-corrected chi connectivity index (χ1v) is 10.6. The number of hydrogen-bond donors (Lipinski definition) is 0. The first-order chi connectivity index (χ1) is 11.3. The van der Waals surface area contributed by atoms with Crippen LogP contribution in [0.5, 0.6) is 0 Å². The Kier molecular flexibility index (Phi) is 6.47. The van der Waals surface area contributed by atoms with E-state index in [1.807, 2.05) is 40.5 Å². The van der Waals surface area contributed by atoms with Crippen molar-refractivity contribution in [1.29, 1.82) is 0 Å². The van der Waals surface area contributed by atoms with Crippen LogP contribution in [-0.4, -0.2) is 42.7 Å². The van der Waals surface area contributed by atoms with Gasteiger partial charge in [0, 0.05) is 23.3 Å². The molecule has 0 N–H and O–H groups in total. The normalized spacial score (nSPS) is 19.5. The minimum atomic E-state index is 0.625. The van der Waals surface area contributed by atoms with E-state index in [1.54, 1.807) is 11.8 Å². The summed E-state index contributed by atoms with van der Waals surface area (Å²) in [5.41, 5.74) is 1.24. The van der Waals surface area contributed by atoms with Crippen LogP contribution in [0.3, 0.4) is 0 Å². The third-order valence-electron chi connectivity index (χ3n) is 3.25. The van der Waals surface area contributed by atoms with Crippen molar-refractivity contribution in [2.75, 3.05) is 18.1 Å². The number of benzene rings is 1. The van der Waals surface area contributed by atoms with E-state index in [0.29, 0.717) is 5.25 Å². The predicted molar refractivity (Wildman–Crippen MR) is 103 cm³/mol. The van der Waals surface area contributed by atoms with E-state index < -0.39 is 0 Å². The lowest BCUT2D eigenvalue weighted by atomic mass is 10.2. The van der Waals surface area contributed by atoms with Crippen LogP contribution in [0.2, 0.25) is 0 Å². The fraction of sp³-hybridized carbons (Fsp3) is 0.438. The minimum Gasteiger partial charge on any atom is -0.272 e. The molecule has 23 heavy (non-hydrogen) atoms. The molecule has 1 aromatic carbocycles. The molecule has 1 unspecified atom stereocenters. The molecule has 1 aliphatic rings. The van der Waals surface area contributed by atoms with E-state index in [1.165, 1.54) is 9.94 Å². The summed E-state index contributed by atoms with van der Waals surface area (Å²) >= 11 is 5.60. The molecule has 0 amide bonds. The van der Waals surface area contributed by atoms with Crippen molar-refractivity contribution in [3.63, 3.8) is 0 Å². The van der Waals surface area contributed by atoms with Gasteiger partial charge in [-0.25, -0.2) is 4.68 Å². The van der Waals surface area contributed by atoms with Crippen molar-refractivity contribution in [1.82, 2.24) is 15.0 Å². The Labute approximate surface area is 149 Å². The van der Waals surface area contributed by atoms with Crippen LogP contribution in [0.25, 0.3) is 0 Å². The monoisotopic (exact) mass is 364 g/mol. The quantitative estimate of drug-likeness (QED) is 0.694. The highest BCUT2D eigenvalue weighted by molar-refractivity contribution is 8.42. The average molecular weight is 365 g/mol. The molecule has 0 aliphatic carbocycles. The summed E-state index contributed by atoms with van der Waals surface area (Å²) in [4.78, 5) is 4.60. The lowest BCUT2D eigenvalue weighted by molar-refractivity contribution is 0.649. The van der Waals surface area contributed by atoms with Gasteiger partial charge in [-0.05, 0) is 12.0 Å². The number of rotatable bonds is 7. The second-order valence-electron chi connectivity index (χ2n) is 5.25. The molecule has 0 radical (unpaired) electrons. The molecule has 3 rings (SSSR count). The standard InChI is InChI=1S/C16H20N4S3/c1-2-8-17-16-22-12-14(23-16)11-21-15-10-20(19-18-15)9-13-6-4-3-5-7-13/h3-7,10,14H,2,8-9,11-12H2,1H3. The second kappa shape index (κ2) is 8.80. The van der Waals surface area contributed by atoms with Crippen LogP contribution in [0, 0.1) is 0 Å². The lowest BCUT2D eigenvalue weighted by Gasteiger charge is -2.03. The molecule has 0 saturated carbocycles. The second-order valence-corrected chi connectivity index (χ2v) is 8.85. The van der Waals surface area contributed by atoms with Crippen LogP contribution >= 0.6 is 35.3 Å². The van der Waals surface area contributed by atoms with Gasteiger partial charge >= 0.3 is 0 Å². The SMILES string of the molecule is CCCN=C1SCC(CSc2cn(Cc3ccccc3)nn2)S1. The van der Waals surface area contributed by atoms with E-state index in [2.05, 4.69) is 46.5 Å². The summed E-state index contributed by atoms with van der Waals surface area (Å²) < 4.78 is 3.16. The largest absolute Gasteiger partial charge is 0.272 e. The average Bonchev–Trinajstić information content (AvgIpc) is 3.21. The van der Waals surface area contributed by atoms with Crippen molar-refractivity contribution in [2.45, 2.75) is 30.2 Å². The highest BCUT2D eigenvalue weighted by Crippen LogP contribution is 2.35. The molecule has 1 saturated heterocycles. The van der Waals surface area contributed by atoms with Crippen LogP contribution < -0.4 is 0 Å². The van der Waals surface area contributed by atoms with E-state index >= 15 is 0 Å². The summed E-state index contributed by atoms with van der Waals surface area (Å²) in [6, 6.07) is 10.3. The molecule has 2 aromatic rings. The van der Waals surface area contributed by atoms with Gasteiger partial charge in [0.1, 0.15) is 9.40 Å². The Morgan fingerprint density at radius 1 is 1.35 bits per heavy atom. The Morgan fingerprint density at radius 2 is 2.22 bits per heavy atom. The molecular weight excluding hydrogens is 344 g/mol. The van der Waals surface area contributed by atoms with Gasteiger partial charge in [0.05, 0.1) is 12.7 Å². The summed E-state index contributed by atoms with van der Waals surface area (Å²) in [6.45, 7) is 3.89. The van der Waals surface area contributed by atoms with Crippen LogP contribution in [0.15, 0.2) is 46.5 Å². The number of hydrogen-bond acceptors (Lipinski definition) is 6. The summed E-state index contributed by atoms with van der Waals surface area (Å²) in [5, 5.41) is 10.1. The zero-order valence-corrected chi connectivity index (χ0v) is 15.5. The first kappa shape index (κ1) is 16.9. The Balaban J connectivity index is 1.46. The van der Waals surface area contributed by atoms with E-state index in [0.717, 1.165) is 36.0 Å². The Morgan fingerprint density at radius 3 is 3.04 bits per heavy atom. The number of nitrogens with zero attached hydrogens (tertiary/aromatic N) is 4. The minimum absolute atomic E-state index is 0.625. The number of aromatic nitrogens is 3. The molecule has 2 heterocycles. The zero-order valence-electron chi connectivity index (χ0n) is 13.1. The Bertz CT molecular complexity index is 642. The third-order valence-corrected chi connectivity index (χ3v) is 7.31. The number of aliphatic imine (C=N–C) groups is 1. The molecule has 1 aliphatic heterocycles. The van der Waals surface area contributed by atoms with Crippen molar-refractivity contribution < 1.29 is 0 Å². The molecular formula is C16H20N4S3. The van der Waals surface area contributed by atoms with Gasteiger partial charge in [0.2, 0.25) is 0 Å². The molecule has 1 fully saturated rings. The third kappa shape index (κ3) is 5.29. The molecule has 0 spiro atoms. The maximum absolute atomic E-state index is 4.60. The maximum Gasteiger partial charge on any atom is 0.138 e. The summed E-state index contributed by atoms with van der Waals surface area (Å²) in [5.74, 6) is 2.21. The highest BCUT2D eigenvalue weighted by Gasteiger charge is 2.22. The zero-order chi connectivity index (χ0) is 15.9. The topological polar surface area (TPSA) is 43.1 Å². The molecule has 122 valence electrons. The van der Waals surface area contributed by atoms with Crippen molar-refractivity contribution in [2.24, 2.45) is 4.99 Å². The predicted octanol–water partition coefficient (Wildman–Crippen LogP) is 4.03. The highest BCUT2D eigenvalue weighted by atomic mass is 32.2. The van der Waals surface area contributed by atoms with Gasteiger partial charge in [0.15, 0.2) is 0 Å². The van der Waals surface area contributed by atoms with Crippen molar-refractivity contribution >= 4 is 39.7 Å². The van der Waals surface area contributed by atoms with Crippen LogP contribution in [0.1, 0.15) is 18.9 Å². The van der Waals surface area contributed by atoms with Gasteiger partial charge in [0.25, 0.3) is 0 Å². The van der Waals surface area contributed by atoms with Crippen LogP contribution in [0.4, 0.5) is 0 Å². The first-order valence-electron chi connectivity index (χ1n) is 7.74. The lowest BCUT2D eigenvalue weighted by Crippen LogP contribution is -2.04. The van der Waals surface area contributed by atoms with Gasteiger partial charge in [-0.3, -0.25) is 4.99 Å². The van der Waals surface area contributed by atoms with Crippen molar-refractivity contribution in [3.05, 3.63) is 42.1 Å². The summed E-state index contributed by atoms with van der Waals surface area (Å²) in [6.07, 6.45) is 3.16. The summed E-state index contributed by atoms with van der Waals surface area (Å²) in [7, 11) is 0. The number of thioether (sulfide) groups is 3. The molecule has 1 atom stereocenters. The maximum atomic E-state index is 4.60. The van der Waals surface area contributed by atoms with Gasteiger partial charge in [-0.15, -0.1) is 16.9 Å². The fourth-order valence-electron chi connectivity index (χ4n) is 2.12. The smallest absolute Gasteiger partial charge is 0.138 e. The van der Waals surface area contributed by atoms with E-state index in [4.69, 9.17) is 0 Å². The van der Waals surface area contributed by atoms with Gasteiger partial charge in [-0.1, -0.05) is 66.0 Å². The van der Waals surface area contributed by atoms with Gasteiger partial charge < -0.3 is 0 Å². The Hall–Kier alpha value is -0.920. The van der Waals surface area contributed by atoms with E-state index in [-0.39, 0.29) is 0 Å². The fourth-order valence-corrected chi connectivity index (χ4v) is 5.95. The van der Waals surface area contributed by atoms with E-state index in [9.17, 15) is 0 Å². The molecule has 7 heteroatoms. The van der Waals surface area contributed by atoms with Crippen molar-refractivity contribution in [3.8, 4) is 0 Å². The van der Waals surface area contributed by atoms with Crippen LogP contribution in [-0.2, 0) is 6.54 Å². The molecule has 0 bridgehead atoms. The van der Waals surface area contributed by atoms with Gasteiger partial charge in [-0.2, -0.15) is 0 Å². The molecule has 1 aromatic heterocycles. The molecule has 4 nitrogen and oxygen atoms in total.